The molecule has 2 fully saturated rings. The lowest BCUT2D eigenvalue weighted by Gasteiger charge is -2.31. The molecule has 2 aliphatic carbocycles. The number of carbonyl (C=O) groups is 2. The van der Waals surface area contributed by atoms with Gasteiger partial charge in [-0.05, 0) is 37.0 Å². The molecule has 2 N–H and O–H groups in total. The van der Waals surface area contributed by atoms with Crippen LogP contribution in [-0.2, 0) is 15.1 Å². The molecule has 0 aromatic heterocycles. The Kier molecular flexibility index (Phi) is 3.81. The van der Waals surface area contributed by atoms with E-state index in [0.717, 1.165) is 37.0 Å². The minimum atomic E-state index is -0.870. The lowest BCUT2D eigenvalue weighted by molar-refractivity contribution is -0.140. The van der Waals surface area contributed by atoms with E-state index < -0.39 is 11.9 Å². The van der Waals surface area contributed by atoms with Gasteiger partial charge in [0, 0.05) is 0 Å². The highest BCUT2D eigenvalue weighted by molar-refractivity contribution is 5.90. The topological polar surface area (TPSA) is 75.6 Å². The molecule has 0 heterocycles. The molecular formula is C17H21NO4. The zero-order valence-corrected chi connectivity index (χ0v) is 12.7. The lowest BCUT2D eigenvalue weighted by Crippen LogP contribution is -2.44. The number of carboxylic acids is 1. The summed E-state index contributed by atoms with van der Waals surface area (Å²) in [6.45, 7) is 0. The van der Waals surface area contributed by atoms with E-state index in [1.165, 1.54) is 0 Å². The molecule has 0 aliphatic heterocycles. The summed E-state index contributed by atoms with van der Waals surface area (Å²) in [4.78, 5) is 23.3. The Hall–Kier alpha value is -2.04. The van der Waals surface area contributed by atoms with Crippen molar-refractivity contribution in [3.05, 3.63) is 29.8 Å². The maximum atomic E-state index is 12.4. The Bertz CT molecular complexity index is 575. The summed E-state index contributed by atoms with van der Waals surface area (Å²) >= 11 is 0. The minimum absolute atomic E-state index is 0.120. The number of amides is 1. The number of nitrogens with one attached hydrogen (secondary N) is 1. The summed E-state index contributed by atoms with van der Waals surface area (Å²) in [5.41, 5.74) is 0.723. The summed E-state index contributed by atoms with van der Waals surface area (Å²) in [7, 11) is 1.63. The Balaban J connectivity index is 1.77. The Morgan fingerprint density at radius 1 is 1.18 bits per heavy atom. The van der Waals surface area contributed by atoms with Gasteiger partial charge < -0.3 is 15.2 Å². The van der Waals surface area contributed by atoms with Crippen LogP contribution in [0.5, 0.6) is 5.75 Å². The molecule has 5 heteroatoms. The number of hydrogen-bond acceptors (Lipinski definition) is 3. The van der Waals surface area contributed by atoms with Gasteiger partial charge in [0.25, 0.3) is 0 Å². The first-order chi connectivity index (χ1) is 10.6. The van der Waals surface area contributed by atoms with Gasteiger partial charge in [-0.3, -0.25) is 9.59 Å². The first kappa shape index (κ1) is 14.9. The third-order valence-corrected chi connectivity index (χ3v) is 4.91. The number of aliphatic carboxylic acids is 1. The molecule has 5 nitrogen and oxygen atoms in total. The number of carboxylic acid groups (broad SMARTS) is 1. The quantitative estimate of drug-likeness (QED) is 0.875. The maximum Gasteiger partial charge on any atom is 0.307 e. The normalized spacial score (nSPS) is 25.5. The van der Waals surface area contributed by atoms with Gasteiger partial charge in [-0.15, -0.1) is 0 Å². The van der Waals surface area contributed by atoms with Crippen molar-refractivity contribution in [1.82, 2.24) is 5.32 Å². The van der Waals surface area contributed by atoms with Crippen LogP contribution in [0.2, 0.25) is 0 Å². The molecule has 1 aromatic carbocycles. The van der Waals surface area contributed by atoms with E-state index in [9.17, 15) is 9.59 Å². The molecular weight excluding hydrogens is 282 g/mol. The summed E-state index contributed by atoms with van der Waals surface area (Å²) < 4.78 is 5.18. The van der Waals surface area contributed by atoms with Gasteiger partial charge in [0.15, 0.2) is 0 Å². The first-order valence-corrected chi connectivity index (χ1v) is 7.75. The highest BCUT2D eigenvalue weighted by atomic mass is 16.5. The maximum absolute atomic E-state index is 12.4. The predicted molar refractivity (Wildman–Crippen MR) is 80.5 cm³/mol. The molecule has 2 unspecified atom stereocenters. The number of benzene rings is 1. The average Bonchev–Trinajstić information content (AvgIpc) is 3.21. The molecule has 118 valence electrons. The molecule has 22 heavy (non-hydrogen) atoms. The highest BCUT2D eigenvalue weighted by Gasteiger charge is 2.50. The van der Waals surface area contributed by atoms with Crippen molar-refractivity contribution in [2.45, 2.75) is 37.6 Å². The average molecular weight is 303 g/mol. The van der Waals surface area contributed by atoms with Gasteiger partial charge in [-0.25, -0.2) is 0 Å². The van der Waals surface area contributed by atoms with E-state index in [-0.39, 0.29) is 17.4 Å². The van der Waals surface area contributed by atoms with Crippen LogP contribution in [0.1, 0.15) is 37.7 Å². The van der Waals surface area contributed by atoms with E-state index in [1.54, 1.807) is 7.11 Å². The Morgan fingerprint density at radius 2 is 1.82 bits per heavy atom. The summed E-state index contributed by atoms with van der Waals surface area (Å²) in [5, 5.41) is 12.1. The number of hydrogen-bond donors (Lipinski definition) is 2. The number of carbonyl (C=O) groups excluding carboxylic acids is 1. The molecule has 1 amide bonds. The smallest absolute Gasteiger partial charge is 0.307 e. The van der Waals surface area contributed by atoms with Crippen molar-refractivity contribution in [2.75, 3.05) is 7.11 Å². The standard InChI is InChI=1S/C17H21NO4/c1-22-12-6-4-11(5-7-12)17(8-2-3-9-17)18-15(19)13-10-14(13)16(20)21/h4-7,13-14H,2-3,8-10H2,1H3,(H,18,19)(H,20,21). The van der Waals surface area contributed by atoms with Gasteiger partial charge in [0.2, 0.25) is 5.91 Å². The van der Waals surface area contributed by atoms with Crippen LogP contribution in [0, 0.1) is 11.8 Å². The van der Waals surface area contributed by atoms with Gasteiger partial charge in [-0.2, -0.15) is 0 Å². The van der Waals surface area contributed by atoms with Crippen LogP contribution >= 0.6 is 0 Å². The summed E-state index contributed by atoms with van der Waals surface area (Å²) in [6.07, 6.45) is 4.39. The molecule has 2 atom stereocenters. The molecule has 0 saturated heterocycles. The molecule has 0 spiro atoms. The number of rotatable bonds is 5. The molecule has 1 aromatic rings. The first-order valence-electron chi connectivity index (χ1n) is 7.75. The van der Waals surface area contributed by atoms with Crippen LogP contribution in [-0.4, -0.2) is 24.1 Å². The van der Waals surface area contributed by atoms with Crippen molar-refractivity contribution < 1.29 is 19.4 Å². The SMILES string of the molecule is COc1ccc(C2(NC(=O)C3CC3C(=O)O)CCCC2)cc1. The Morgan fingerprint density at radius 3 is 2.32 bits per heavy atom. The number of methoxy groups -OCH3 is 1. The zero-order chi connectivity index (χ0) is 15.7. The monoisotopic (exact) mass is 303 g/mol. The summed E-state index contributed by atoms with van der Waals surface area (Å²) in [6, 6.07) is 7.79. The Labute approximate surface area is 129 Å². The molecule has 2 aliphatic rings. The van der Waals surface area contributed by atoms with Crippen LogP contribution in [0.25, 0.3) is 0 Å². The van der Waals surface area contributed by atoms with Gasteiger partial charge >= 0.3 is 5.97 Å². The van der Waals surface area contributed by atoms with E-state index in [4.69, 9.17) is 9.84 Å². The zero-order valence-electron chi connectivity index (χ0n) is 12.7. The fourth-order valence-electron chi connectivity index (χ4n) is 3.46. The van der Waals surface area contributed by atoms with Crippen LogP contribution in [0.4, 0.5) is 0 Å². The minimum Gasteiger partial charge on any atom is -0.497 e. The second-order valence-electron chi connectivity index (χ2n) is 6.29. The summed E-state index contributed by atoms with van der Waals surface area (Å²) in [5.74, 6) is -1.07. The van der Waals surface area contributed by atoms with Crippen molar-refractivity contribution in [3.63, 3.8) is 0 Å². The third-order valence-electron chi connectivity index (χ3n) is 4.91. The van der Waals surface area contributed by atoms with E-state index in [2.05, 4.69) is 5.32 Å². The second-order valence-corrected chi connectivity index (χ2v) is 6.29. The van der Waals surface area contributed by atoms with E-state index in [1.807, 2.05) is 24.3 Å². The van der Waals surface area contributed by atoms with Crippen LogP contribution in [0.15, 0.2) is 24.3 Å². The van der Waals surface area contributed by atoms with Crippen molar-refractivity contribution >= 4 is 11.9 Å². The molecule has 2 saturated carbocycles. The van der Waals surface area contributed by atoms with E-state index in [0.29, 0.717) is 6.42 Å². The third kappa shape index (κ3) is 2.67. The van der Waals surface area contributed by atoms with Crippen LogP contribution < -0.4 is 10.1 Å². The number of ether oxygens (including phenoxy) is 1. The van der Waals surface area contributed by atoms with Gasteiger partial charge in [0.05, 0.1) is 24.5 Å². The highest BCUT2D eigenvalue weighted by Crippen LogP contribution is 2.43. The van der Waals surface area contributed by atoms with E-state index >= 15 is 0 Å². The largest absolute Gasteiger partial charge is 0.497 e. The second kappa shape index (κ2) is 5.63. The van der Waals surface area contributed by atoms with Crippen molar-refractivity contribution in [3.8, 4) is 5.75 Å². The molecule has 3 rings (SSSR count). The molecule has 0 bridgehead atoms. The van der Waals surface area contributed by atoms with Gasteiger partial charge in [0.1, 0.15) is 5.75 Å². The van der Waals surface area contributed by atoms with Crippen LogP contribution in [0.3, 0.4) is 0 Å². The molecule has 0 radical (unpaired) electrons. The lowest BCUT2D eigenvalue weighted by atomic mass is 9.87. The predicted octanol–water partition coefficient (Wildman–Crippen LogP) is 2.30. The van der Waals surface area contributed by atoms with Crippen molar-refractivity contribution in [2.24, 2.45) is 11.8 Å². The van der Waals surface area contributed by atoms with Gasteiger partial charge in [-0.1, -0.05) is 25.0 Å². The fraction of sp³-hybridized carbons (Fsp3) is 0.529. The fourth-order valence-corrected chi connectivity index (χ4v) is 3.46. The van der Waals surface area contributed by atoms with Crippen molar-refractivity contribution in [1.29, 1.82) is 0 Å².